The molecule has 0 radical (unpaired) electrons. The van der Waals surface area contributed by atoms with E-state index in [1.54, 1.807) is 10.4 Å². The van der Waals surface area contributed by atoms with Crippen molar-refractivity contribution >= 4 is 48.9 Å². The lowest BCUT2D eigenvalue weighted by Crippen LogP contribution is -2.05. The molecule has 0 saturated heterocycles. The predicted octanol–water partition coefficient (Wildman–Crippen LogP) is 6.33. The van der Waals surface area contributed by atoms with Crippen molar-refractivity contribution in [2.24, 2.45) is 0 Å². The molecule has 1 aromatic heterocycles. The number of hydrogen-bond acceptors (Lipinski definition) is 2. The molecule has 0 fully saturated rings. The highest BCUT2D eigenvalue weighted by Crippen LogP contribution is 2.35. The Balaban J connectivity index is 1.78. The van der Waals surface area contributed by atoms with Crippen LogP contribution < -0.4 is 5.32 Å². The van der Waals surface area contributed by atoms with Crippen molar-refractivity contribution in [3.8, 4) is 0 Å². The van der Waals surface area contributed by atoms with E-state index in [4.69, 9.17) is 0 Å². The van der Waals surface area contributed by atoms with E-state index in [2.05, 4.69) is 68.4 Å². The van der Waals surface area contributed by atoms with Crippen LogP contribution in [0.3, 0.4) is 0 Å². The van der Waals surface area contributed by atoms with Crippen molar-refractivity contribution in [2.75, 3.05) is 5.32 Å². The predicted molar refractivity (Wildman–Crippen MR) is 94.8 cm³/mol. The molecule has 0 saturated carbocycles. The monoisotopic (exact) mass is 413 g/mol. The molecule has 106 valence electrons. The standard InChI is InChI=1S/C16H17Br2NS/c1-10(19-14-7-6-12(17)9-13(14)18)16-8-11-4-2-3-5-15(11)20-16/h6-10,19H,2-5H2,1H3. The lowest BCUT2D eigenvalue weighted by Gasteiger charge is -2.15. The van der Waals surface area contributed by atoms with Gasteiger partial charge in [-0.2, -0.15) is 0 Å². The first-order chi connectivity index (χ1) is 9.63. The van der Waals surface area contributed by atoms with Crippen molar-refractivity contribution in [3.63, 3.8) is 0 Å². The number of fused-ring (bicyclic) bond motifs is 1. The summed E-state index contributed by atoms with van der Waals surface area (Å²) in [6, 6.07) is 9.01. The summed E-state index contributed by atoms with van der Waals surface area (Å²) in [5, 5.41) is 3.61. The molecule has 0 bridgehead atoms. The van der Waals surface area contributed by atoms with E-state index in [1.165, 1.54) is 30.6 Å². The lowest BCUT2D eigenvalue weighted by molar-refractivity contribution is 0.696. The first-order valence-electron chi connectivity index (χ1n) is 6.96. The number of halogens is 2. The van der Waals surface area contributed by atoms with Crippen molar-refractivity contribution in [1.82, 2.24) is 0 Å². The summed E-state index contributed by atoms with van der Waals surface area (Å²) >= 11 is 9.09. The fourth-order valence-electron chi connectivity index (χ4n) is 2.64. The molecule has 0 spiro atoms. The number of anilines is 1. The zero-order chi connectivity index (χ0) is 14.1. The summed E-state index contributed by atoms with van der Waals surface area (Å²) in [4.78, 5) is 3.06. The number of thiophene rings is 1. The molecule has 2 aromatic rings. The van der Waals surface area contributed by atoms with Gasteiger partial charge in [-0.1, -0.05) is 15.9 Å². The van der Waals surface area contributed by atoms with Gasteiger partial charge in [-0.15, -0.1) is 11.3 Å². The van der Waals surface area contributed by atoms with Crippen LogP contribution in [0.5, 0.6) is 0 Å². The second-order valence-corrected chi connectivity index (χ2v) is 8.23. The molecule has 3 rings (SSSR count). The van der Waals surface area contributed by atoms with Crippen LogP contribution in [-0.2, 0) is 12.8 Å². The van der Waals surface area contributed by atoms with E-state index < -0.39 is 0 Å². The molecule has 20 heavy (non-hydrogen) atoms. The van der Waals surface area contributed by atoms with Crippen LogP contribution in [0.1, 0.15) is 41.1 Å². The van der Waals surface area contributed by atoms with Crippen molar-refractivity contribution in [1.29, 1.82) is 0 Å². The van der Waals surface area contributed by atoms with E-state index in [0.29, 0.717) is 6.04 Å². The summed E-state index contributed by atoms with van der Waals surface area (Å²) in [5.74, 6) is 0. The van der Waals surface area contributed by atoms with Crippen LogP contribution in [0.25, 0.3) is 0 Å². The number of hydrogen-bond donors (Lipinski definition) is 1. The maximum atomic E-state index is 3.62. The zero-order valence-corrected chi connectivity index (χ0v) is 15.4. The molecule has 1 unspecified atom stereocenters. The molecule has 1 aliphatic rings. The van der Waals surface area contributed by atoms with Gasteiger partial charge in [0, 0.05) is 24.4 Å². The Hall–Kier alpha value is -0.320. The van der Waals surface area contributed by atoms with Gasteiger partial charge in [0.25, 0.3) is 0 Å². The van der Waals surface area contributed by atoms with Gasteiger partial charge in [0.2, 0.25) is 0 Å². The Morgan fingerprint density at radius 1 is 1.15 bits per heavy atom. The average Bonchev–Trinajstić information content (AvgIpc) is 2.86. The molecule has 0 amide bonds. The summed E-state index contributed by atoms with van der Waals surface area (Å²) in [7, 11) is 0. The quantitative estimate of drug-likeness (QED) is 0.618. The second-order valence-electron chi connectivity index (χ2n) is 5.29. The van der Waals surface area contributed by atoms with Gasteiger partial charge in [0.1, 0.15) is 0 Å². The van der Waals surface area contributed by atoms with Gasteiger partial charge in [0.05, 0.1) is 6.04 Å². The van der Waals surface area contributed by atoms with E-state index in [-0.39, 0.29) is 0 Å². The summed E-state index contributed by atoms with van der Waals surface area (Å²) in [5.41, 5.74) is 2.73. The lowest BCUT2D eigenvalue weighted by atomic mass is 9.99. The normalized spacial score (nSPS) is 15.8. The molecule has 4 heteroatoms. The van der Waals surface area contributed by atoms with E-state index in [1.807, 2.05) is 11.3 Å². The van der Waals surface area contributed by atoms with E-state index in [0.717, 1.165) is 14.6 Å². The minimum absolute atomic E-state index is 0.350. The third-order valence-electron chi connectivity index (χ3n) is 3.75. The largest absolute Gasteiger partial charge is 0.377 e. The highest BCUT2D eigenvalue weighted by atomic mass is 79.9. The van der Waals surface area contributed by atoms with Gasteiger partial charge in [-0.3, -0.25) is 0 Å². The van der Waals surface area contributed by atoms with Gasteiger partial charge in [0.15, 0.2) is 0 Å². The third-order valence-corrected chi connectivity index (χ3v) is 6.31. The maximum Gasteiger partial charge on any atom is 0.0579 e. The molecule has 0 aliphatic heterocycles. The minimum atomic E-state index is 0.350. The Bertz CT molecular complexity index is 597. The zero-order valence-electron chi connectivity index (χ0n) is 11.4. The molecule has 1 aliphatic carbocycles. The molecular formula is C16H17Br2NS. The SMILES string of the molecule is CC(Nc1ccc(Br)cc1Br)c1cc2c(s1)CCCC2. The van der Waals surface area contributed by atoms with Crippen molar-refractivity contribution < 1.29 is 0 Å². The first kappa shape index (κ1) is 14.6. The highest BCUT2D eigenvalue weighted by molar-refractivity contribution is 9.11. The number of rotatable bonds is 3. The second kappa shape index (κ2) is 6.20. The fourth-order valence-corrected chi connectivity index (χ4v) is 5.06. The molecule has 1 N–H and O–H groups in total. The van der Waals surface area contributed by atoms with Gasteiger partial charge in [-0.25, -0.2) is 0 Å². The third kappa shape index (κ3) is 3.12. The first-order valence-corrected chi connectivity index (χ1v) is 9.37. The molecule has 1 nitrogen and oxygen atoms in total. The van der Waals surface area contributed by atoms with E-state index >= 15 is 0 Å². The topological polar surface area (TPSA) is 12.0 Å². The Labute approximate surface area is 141 Å². The Morgan fingerprint density at radius 2 is 1.95 bits per heavy atom. The Kier molecular flexibility index (Phi) is 4.53. The van der Waals surface area contributed by atoms with Gasteiger partial charge in [-0.05, 0) is 78.4 Å². The summed E-state index contributed by atoms with van der Waals surface area (Å²) in [6.45, 7) is 2.24. The number of aryl methyl sites for hydroxylation is 2. The molecule has 1 atom stereocenters. The van der Waals surface area contributed by atoms with Crippen LogP contribution in [0.4, 0.5) is 5.69 Å². The van der Waals surface area contributed by atoms with Gasteiger partial charge >= 0.3 is 0 Å². The van der Waals surface area contributed by atoms with Crippen molar-refractivity contribution in [3.05, 3.63) is 48.5 Å². The van der Waals surface area contributed by atoms with Crippen LogP contribution in [-0.4, -0.2) is 0 Å². The van der Waals surface area contributed by atoms with E-state index in [9.17, 15) is 0 Å². The Morgan fingerprint density at radius 3 is 2.70 bits per heavy atom. The fraction of sp³-hybridized carbons (Fsp3) is 0.375. The highest BCUT2D eigenvalue weighted by Gasteiger charge is 2.17. The van der Waals surface area contributed by atoms with Crippen LogP contribution in [0.2, 0.25) is 0 Å². The number of nitrogens with one attached hydrogen (secondary N) is 1. The van der Waals surface area contributed by atoms with Crippen LogP contribution in [0, 0.1) is 0 Å². The molecule has 1 aromatic carbocycles. The minimum Gasteiger partial charge on any atom is -0.377 e. The van der Waals surface area contributed by atoms with Gasteiger partial charge < -0.3 is 5.32 Å². The van der Waals surface area contributed by atoms with Crippen LogP contribution >= 0.6 is 43.2 Å². The van der Waals surface area contributed by atoms with Crippen LogP contribution in [0.15, 0.2) is 33.2 Å². The van der Waals surface area contributed by atoms with Crippen molar-refractivity contribution in [2.45, 2.75) is 38.6 Å². The molecule has 1 heterocycles. The molecular weight excluding hydrogens is 398 g/mol. The number of benzene rings is 1. The average molecular weight is 415 g/mol. The summed E-state index contributed by atoms with van der Waals surface area (Å²) < 4.78 is 2.19. The smallest absolute Gasteiger partial charge is 0.0579 e. The summed E-state index contributed by atoms with van der Waals surface area (Å²) in [6.07, 6.45) is 5.24. The maximum absolute atomic E-state index is 3.62.